The molecule has 4 rings (SSSR count). The standard InChI is InChI=1S/C24H25N7O3/c1-15(2)12-30-24(34)20-7-5-4-6-19(20)21(29-30)23(33)28-18-10-8-17(9-11-18)27-22(32)16(3)31-14-25-13-26-31/h4-11,13-16H,12H2,1-3H3,(H,27,32)(H,28,33). The number of nitrogens with zero attached hydrogens (tertiary/aromatic N) is 5. The van der Waals surface area contributed by atoms with Gasteiger partial charge >= 0.3 is 0 Å². The van der Waals surface area contributed by atoms with Gasteiger partial charge < -0.3 is 10.6 Å². The summed E-state index contributed by atoms with van der Waals surface area (Å²) in [6.07, 6.45) is 2.85. The maximum Gasteiger partial charge on any atom is 0.276 e. The van der Waals surface area contributed by atoms with Crippen LogP contribution in [0.2, 0.25) is 0 Å². The van der Waals surface area contributed by atoms with Crippen LogP contribution in [0.4, 0.5) is 11.4 Å². The van der Waals surface area contributed by atoms with E-state index in [0.717, 1.165) is 0 Å². The van der Waals surface area contributed by atoms with E-state index in [1.807, 2.05) is 13.8 Å². The van der Waals surface area contributed by atoms with E-state index >= 15 is 0 Å². The number of fused-ring (bicyclic) bond motifs is 1. The summed E-state index contributed by atoms with van der Waals surface area (Å²) >= 11 is 0. The van der Waals surface area contributed by atoms with Crippen LogP contribution in [0, 0.1) is 5.92 Å². The number of hydrogen-bond acceptors (Lipinski definition) is 6. The van der Waals surface area contributed by atoms with E-state index in [2.05, 4.69) is 25.8 Å². The van der Waals surface area contributed by atoms with Crippen molar-refractivity contribution < 1.29 is 9.59 Å². The minimum absolute atomic E-state index is 0.176. The van der Waals surface area contributed by atoms with E-state index < -0.39 is 11.9 Å². The smallest absolute Gasteiger partial charge is 0.276 e. The molecule has 2 heterocycles. The summed E-state index contributed by atoms with van der Waals surface area (Å²) in [5.74, 6) is -0.479. The van der Waals surface area contributed by atoms with Gasteiger partial charge in [0.1, 0.15) is 18.7 Å². The van der Waals surface area contributed by atoms with Crippen LogP contribution in [0.1, 0.15) is 37.3 Å². The normalized spacial score (nSPS) is 12.0. The fraction of sp³-hybridized carbons (Fsp3) is 0.250. The molecule has 0 spiro atoms. The molecule has 0 saturated carbocycles. The van der Waals surface area contributed by atoms with Crippen molar-refractivity contribution in [2.75, 3.05) is 10.6 Å². The molecule has 1 atom stereocenters. The van der Waals surface area contributed by atoms with Gasteiger partial charge in [-0.1, -0.05) is 32.0 Å². The zero-order valence-corrected chi connectivity index (χ0v) is 19.1. The van der Waals surface area contributed by atoms with Gasteiger partial charge in [0.05, 0.1) is 5.39 Å². The molecule has 174 valence electrons. The van der Waals surface area contributed by atoms with E-state index in [-0.39, 0.29) is 23.1 Å². The van der Waals surface area contributed by atoms with E-state index in [1.54, 1.807) is 55.5 Å². The first-order valence-corrected chi connectivity index (χ1v) is 10.9. The molecule has 2 amide bonds. The third-order valence-electron chi connectivity index (χ3n) is 5.24. The summed E-state index contributed by atoms with van der Waals surface area (Å²) < 4.78 is 2.80. The fourth-order valence-electron chi connectivity index (χ4n) is 3.48. The highest BCUT2D eigenvalue weighted by Gasteiger charge is 2.18. The molecule has 2 N–H and O–H groups in total. The molecule has 0 aliphatic rings. The number of anilines is 2. The average molecular weight is 460 g/mol. The minimum Gasteiger partial charge on any atom is -0.324 e. The molecule has 10 heteroatoms. The molecule has 10 nitrogen and oxygen atoms in total. The lowest BCUT2D eigenvalue weighted by molar-refractivity contribution is -0.119. The van der Waals surface area contributed by atoms with Gasteiger partial charge in [-0.25, -0.2) is 14.3 Å². The Kier molecular flexibility index (Phi) is 6.48. The van der Waals surface area contributed by atoms with E-state index in [9.17, 15) is 14.4 Å². The number of nitrogens with one attached hydrogen (secondary N) is 2. The largest absolute Gasteiger partial charge is 0.324 e. The first-order valence-electron chi connectivity index (χ1n) is 10.9. The lowest BCUT2D eigenvalue weighted by Crippen LogP contribution is -2.29. The number of aromatic nitrogens is 5. The molecule has 0 aliphatic carbocycles. The van der Waals surface area contributed by atoms with Gasteiger partial charge in [-0.3, -0.25) is 14.4 Å². The second-order valence-electron chi connectivity index (χ2n) is 8.35. The Labute approximate surface area is 195 Å². The van der Waals surface area contributed by atoms with Crippen LogP contribution in [0.15, 0.2) is 66.0 Å². The van der Waals surface area contributed by atoms with Crippen molar-refractivity contribution >= 4 is 34.0 Å². The molecule has 4 aromatic rings. The van der Waals surface area contributed by atoms with Crippen LogP contribution in [0.25, 0.3) is 10.8 Å². The van der Waals surface area contributed by atoms with E-state index in [1.165, 1.54) is 22.0 Å². The molecule has 0 bridgehead atoms. The summed E-state index contributed by atoms with van der Waals surface area (Å²) in [5.41, 5.74) is 1.06. The molecule has 2 aromatic heterocycles. The summed E-state index contributed by atoms with van der Waals surface area (Å²) in [6, 6.07) is 13.2. The second kappa shape index (κ2) is 9.65. The Hall–Kier alpha value is -4.34. The minimum atomic E-state index is -0.525. The predicted molar refractivity (Wildman–Crippen MR) is 129 cm³/mol. The summed E-state index contributed by atoms with van der Waals surface area (Å²) in [4.78, 5) is 42.1. The van der Waals surface area contributed by atoms with Crippen molar-refractivity contribution in [3.05, 3.63) is 77.2 Å². The third kappa shape index (κ3) is 4.85. The fourth-order valence-corrected chi connectivity index (χ4v) is 3.48. The molecule has 0 fully saturated rings. The van der Waals surface area contributed by atoms with E-state index in [0.29, 0.717) is 28.7 Å². The van der Waals surface area contributed by atoms with Crippen LogP contribution < -0.4 is 16.2 Å². The van der Waals surface area contributed by atoms with Gasteiger partial charge in [0.25, 0.3) is 11.5 Å². The summed E-state index contributed by atoms with van der Waals surface area (Å²) in [7, 11) is 0. The van der Waals surface area contributed by atoms with Crippen LogP contribution >= 0.6 is 0 Å². The molecular formula is C24H25N7O3. The van der Waals surface area contributed by atoms with Crippen LogP contribution in [-0.2, 0) is 11.3 Å². The Morgan fingerprint density at radius 1 is 0.941 bits per heavy atom. The summed E-state index contributed by atoms with van der Waals surface area (Å²) in [6.45, 7) is 6.09. The summed E-state index contributed by atoms with van der Waals surface area (Å²) in [5, 5.41) is 14.9. The Morgan fingerprint density at radius 2 is 1.59 bits per heavy atom. The number of carbonyl (C=O) groups is 2. The van der Waals surface area contributed by atoms with Crippen molar-refractivity contribution in [3.8, 4) is 0 Å². The SMILES string of the molecule is CC(C)Cn1nc(C(=O)Nc2ccc(NC(=O)C(C)n3cncn3)cc2)c2ccccc2c1=O. The quantitative estimate of drug-likeness (QED) is 0.438. The van der Waals surface area contributed by atoms with Crippen molar-refractivity contribution in [1.82, 2.24) is 24.5 Å². The number of hydrogen-bond donors (Lipinski definition) is 2. The third-order valence-corrected chi connectivity index (χ3v) is 5.24. The molecular weight excluding hydrogens is 434 g/mol. The Bertz CT molecular complexity index is 1380. The Balaban J connectivity index is 1.52. The van der Waals surface area contributed by atoms with Gasteiger partial charge in [0, 0.05) is 23.3 Å². The maximum absolute atomic E-state index is 13.1. The molecule has 1 unspecified atom stereocenters. The van der Waals surface area contributed by atoms with Gasteiger partial charge in [-0.15, -0.1) is 0 Å². The monoisotopic (exact) mass is 459 g/mol. The first-order chi connectivity index (χ1) is 16.3. The van der Waals surface area contributed by atoms with Crippen molar-refractivity contribution in [2.45, 2.75) is 33.4 Å². The van der Waals surface area contributed by atoms with Gasteiger partial charge in [0.2, 0.25) is 5.91 Å². The average Bonchev–Trinajstić information content (AvgIpc) is 3.36. The van der Waals surface area contributed by atoms with Gasteiger partial charge in [-0.2, -0.15) is 10.2 Å². The zero-order chi connectivity index (χ0) is 24.2. The van der Waals surface area contributed by atoms with Gasteiger partial charge in [-0.05, 0) is 43.2 Å². The highest BCUT2D eigenvalue weighted by Crippen LogP contribution is 2.18. The highest BCUT2D eigenvalue weighted by molar-refractivity contribution is 6.11. The number of rotatable bonds is 7. The van der Waals surface area contributed by atoms with Crippen molar-refractivity contribution in [1.29, 1.82) is 0 Å². The van der Waals surface area contributed by atoms with Crippen molar-refractivity contribution in [2.24, 2.45) is 5.92 Å². The molecule has 0 saturated heterocycles. The van der Waals surface area contributed by atoms with Crippen LogP contribution in [-0.4, -0.2) is 36.4 Å². The van der Waals surface area contributed by atoms with Crippen LogP contribution in [0.5, 0.6) is 0 Å². The molecule has 0 radical (unpaired) electrons. The Morgan fingerprint density at radius 3 is 2.21 bits per heavy atom. The van der Waals surface area contributed by atoms with Crippen molar-refractivity contribution in [3.63, 3.8) is 0 Å². The lowest BCUT2D eigenvalue weighted by Gasteiger charge is -2.14. The molecule has 0 aliphatic heterocycles. The predicted octanol–water partition coefficient (Wildman–Crippen LogP) is 3.10. The van der Waals surface area contributed by atoms with Crippen LogP contribution in [0.3, 0.4) is 0 Å². The van der Waals surface area contributed by atoms with Gasteiger partial charge in [0.15, 0.2) is 5.69 Å². The molecule has 34 heavy (non-hydrogen) atoms. The van der Waals surface area contributed by atoms with E-state index in [4.69, 9.17) is 0 Å². The number of amides is 2. The lowest BCUT2D eigenvalue weighted by atomic mass is 10.1. The number of carbonyl (C=O) groups excluding carboxylic acids is 2. The highest BCUT2D eigenvalue weighted by atomic mass is 16.2. The second-order valence-corrected chi connectivity index (χ2v) is 8.35. The first kappa shape index (κ1) is 22.8. The molecule has 2 aromatic carbocycles. The number of benzene rings is 2. The maximum atomic E-state index is 13.1. The topological polar surface area (TPSA) is 124 Å². The zero-order valence-electron chi connectivity index (χ0n) is 19.1.